The fourth-order valence-electron chi connectivity index (χ4n) is 2.48. The fraction of sp³-hybridized carbons (Fsp3) is 0.538. The molecule has 8 heteroatoms. The summed E-state index contributed by atoms with van der Waals surface area (Å²) in [6.07, 6.45) is 3.98. The van der Waals surface area contributed by atoms with Crippen LogP contribution in [0.25, 0.3) is 0 Å². The number of rotatable bonds is 4. The van der Waals surface area contributed by atoms with E-state index in [1.807, 2.05) is 6.26 Å². The van der Waals surface area contributed by atoms with Crippen LogP contribution >= 0.6 is 11.8 Å². The molecule has 2 rings (SSSR count). The van der Waals surface area contributed by atoms with Gasteiger partial charge in [-0.25, -0.2) is 18.4 Å². The summed E-state index contributed by atoms with van der Waals surface area (Å²) >= 11 is 1.40. The van der Waals surface area contributed by atoms with Gasteiger partial charge in [-0.3, -0.25) is 9.80 Å². The van der Waals surface area contributed by atoms with Crippen molar-refractivity contribution >= 4 is 27.5 Å². The Bertz CT molecular complexity index is 631. The van der Waals surface area contributed by atoms with Gasteiger partial charge in [0, 0.05) is 20.3 Å². The smallest absolute Gasteiger partial charge is 0.268 e. The van der Waals surface area contributed by atoms with E-state index >= 15 is 0 Å². The topological polar surface area (TPSA) is 70.6 Å². The third kappa shape index (κ3) is 3.56. The molecule has 0 N–H and O–H groups in total. The van der Waals surface area contributed by atoms with E-state index < -0.39 is 9.84 Å². The van der Waals surface area contributed by atoms with Crippen molar-refractivity contribution in [2.45, 2.75) is 17.5 Å². The molecule has 6 nitrogen and oxygen atoms in total. The van der Waals surface area contributed by atoms with Gasteiger partial charge in [-0.15, -0.1) is 11.8 Å². The lowest BCUT2D eigenvalue weighted by Gasteiger charge is -2.34. The first kappa shape index (κ1) is 16.3. The van der Waals surface area contributed by atoms with Gasteiger partial charge in [0.05, 0.1) is 23.1 Å². The molecule has 1 aromatic heterocycles. The monoisotopic (exact) mass is 329 g/mol. The van der Waals surface area contributed by atoms with E-state index in [1.54, 1.807) is 37.4 Å². The predicted molar refractivity (Wildman–Crippen MR) is 82.9 cm³/mol. The van der Waals surface area contributed by atoms with Crippen LogP contribution in [0.4, 0.5) is 0 Å². The number of hydrazine groups is 1. The van der Waals surface area contributed by atoms with Gasteiger partial charge < -0.3 is 0 Å². The summed E-state index contributed by atoms with van der Waals surface area (Å²) in [7, 11) is 0.449. The zero-order valence-electron chi connectivity index (χ0n) is 12.3. The van der Waals surface area contributed by atoms with Crippen molar-refractivity contribution in [1.29, 1.82) is 0 Å². The number of carbonyl (C=O) groups is 1. The minimum absolute atomic E-state index is 0.0196. The molecule has 1 fully saturated rings. The highest BCUT2D eigenvalue weighted by Crippen LogP contribution is 2.24. The Hall–Kier alpha value is -1.12. The molecule has 0 aliphatic carbocycles. The summed E-state index contributed by atoms with van der Waals surface area (Å²) in [5.41, 5.74) is 0.503. The van der Waals surface area contributed by atoms with Gasteiger partial charge >= 0.3 is 0 Å². The maximum absolute atomic E-state index is 12.8. The summed E-state index contributed by atoms with van der Waals surface area (Å²) < 4.78 is 23.4. The second kappa shape index (κ2) is 6.33. The molecule has 1 aliphatic rings. The predicted octanol–water partition coefficient (Wildman–Crippen LogP) is 0.909. The molecule has 0 spiro atoms. The quantitative estimate of drug-likeness (QED) is 0.604. The standard InChI is InChI=1S/C13H19N3O3S2/c1-15(2)16(10-6-8-21(18,19)9-10)13(17)11-5-4-7-14-12(11)20-3/h4-5,7,10H,6,8-9H2,1-3H3. The molecular weight excluding hydrogens is 310 g/mol. The zero-order chi connectivity index (χ0) is 15.6. The minimum Gasteiger partial charge on any atom is -0.268 e. The highest BCUT2D eigenvalue weighted by Gasteiger charge is 2.36. The number of sulfone groups is 1. The van der Waals surface area contributed by atoms with Gasteiger partial charge in [-0.1, -0.05) is 0 Å². The van der Waals surface area contributed by atoms with Crippen LogP contribution in [0.5, 0.6) is 0 Å². The summed E-state index contributed by atoms with van der Waals surface area (Å²) in [6.45, 7) is 0. The Labute approximate surface area is 129 Å². The van der Waals surface area contributed by atoms with Crippen molar-refractivity contribution in [1.82, 2.24) is 15.0 Å². The van der Waals surface area contributed by atoms with Gasteiger partial charge in [0.2, 0.25) is 0 Å². The maximum atomic E-state index is 12.8. The van der Waals surface area contributed by atoms with Crippen molar-refractivity contribution in [3.05, 3.63) is 23.9 Å². The molecule has 1 amide bonds. The zero-order valence-corrected chi connectivity index (χ0v) is 13.9. The lowest BCUT2D eigenvalue weighted by molar-refractivity contribution is 0.000618. The van der Waals surface area contributed by atoms with Crippen molar-refractivity contribution in [3.63, 3.8) is 0 Å². The van der Waals surface area contributed by atoms with Crippen LogP contribution in [0.3, 0.4) is 0 Å². The first-order valence-corrected chi connectivity index (χ1v) is 9.60. The molecular formula is C13H19N3O3S2. The van der Waals surface area contributed by atoms with Crippen molar-refractivity contribution in [2.24, 2.45) is 0 Å². The van der Waals surface area contributed by atoms with Gasteiger partial charge in [-0.2, -0.15) is 0 Å². The number of carbonyl (C=O) groups excluding carboxylic acids is 1. The Balaban J connectivity index is 2.33. The lowest BCUT2D eigenvalue weighted by Crippen LogP contribution is -2.49. The third-order valence-corrected chi connectivity index (χ3v) is 5.85. The lowest BCUT2D eigenvalue weighted by atomic mass is 10.2. The summed E-state index contributed by atoms with van der Waals surface area (Å²) in [6, 6.07) is 3.13. The number of aromatic nitrogens is 1. The summed E-state index contributed by atoms with van der Waals surface area (Å²) in [5.74, 6) is -0.0525. The molecule has 1 aliphatic heterocycles. The Morgan fingerprint density at radius 3 is 2.67 bits per heavy atom. The third-order valence-electron chi connectivity index (χ3n) is 3.39. The highest BCUT2D eigenvalue weighted by molar-refractivity contribution is 7.98. The molecule has 1 saturated heterocycles. The molecule has 0 bridgehead atoms. The second-order valence-corrected chi connectivity index (χ2v) is 8.14. The minimum atomic E-state index is -3.05. The highest BCUT2D eigenvalue weighted by atomic mass is 32.2. The van der Waals surface area contributed by atoms with E-state index in [0.29, 0.717) is 17.0 Å². The Kier molecular flexibility index (Phi) is 4.90. The number of hydrogen-bond donors (Lipinski definition) is 0. The molecule has 116 valence electrons. The Morgan fingerprint density at radius 2 is 2.14 bits per heavy atom. The van der Waals surface area contributed by atoms with Crippen LogP contribution in [0.1, 0.15) is 16.8 Å². The number of pyridine rings is 1. The van der Waals surface area contributed by atoms with Crippen molar-refractivity contribution < 1.29 is 13.2 Å². The molecule has 1 unspecified atom stereocenters. The van der Waals surface area contributed by atoms with Gasteiger partial charge in [0.15, 0.2) is 9.84 Å². The first-order chi connectivity index (χ1) is 9.85. The van der Waals surface area contributed by atoms with Crippen LogP contribution in [-0.4, -0.2) is 67.2 Å². The molecule has 1 atom stereocenters. The first-order valence-electron chi connectivity index (χ1n) is 6.56. The summed E-state index contributed by atoms with van der Waals surface area (Å²) in [5, 5.41) is 3.84. The van der Waals surface area contributed by atoms with Crippen LogP contribution < -0.4 is 0 Å². The van der Waals surface area contributed by atoms with E-state index in [1.165, 1.54) is 16.8 Å². The molecule has 1 aromatic rings. The van der Waals surface area contributed by atoms with Crippen LogP contribution in [-0.2, 0) is 9.84 Å². The SMILES string of the molecule is CSc1ncccc1C(=O)N(C1CCS(=O)(=O)C1)N(C)C. The molecule has 2 heterocycles. The number of hydrogen-bond acceptors (Lipinski definition) is 6. The molecule has 0 radical (unpaired) electrons. The number of nitrogens with zero attached hydrogens (tertiary/aromatic N) is 3. The normalized spacial score (nSPS) is 20.7. The molecule has 21 heavy (non-hydrogen) atoms. The second-order valence-electron chi connectivity index (χ2n) is 5.11. The van der Waals surface area contributed by atoms with Crippen LogP contribution in [0.15, 0.2) is 23.4 Å². The fourth-order valence-corrected chi connectivity index (χ4v) is 4.72. The average Bonchev–Trinajstić information content (AvgIpc) is 2.78. The van der Waals surface area contributed by atoms with Crippen LogP contribution in [0.2, 0.25) is 0 Å². The van der Waals surface area contributed by atoms with Gasteiger partial charge in [0.25, 0.3) is 5.91 Å². The Morgan fingerprint density at radius 1 is 1.43 bits per heavy atom. The van der Waals surface area contributed by atoms with Gasteiger partial charge in [0.1, 0.15) is 5.03 Å². The number of amides is 1. The molecule has 0 aromatic carbocycles. The molecule has 0 saturated carbocycles. The van der Waals surface area contributed by atoms with E-state index in [4.69, 9.17) is 0 Å². The van der Waals surface area contributed by atoms with E-state index in [-0.39, 0.29) is 23.5 Å². The van der Waals surface area contributed by atoms with Crippen LogP contribution in [0, 0.1) is 0 Å². The maximum Gasteiger partial charge on any atom is 0.271 e. The largest absolute Gasteiger partial charge is 0.271 e. The van der Waals surface area contributed by atoms with E-state index in [9.17, 15) is 13.2 Å². The number of thioether (sulfide) groups is 1. The van der Waals surface area contributed by atoms with Gasteiger partial charge in [-0.05, 0) is 24.8 Å². The average molecular weight is 329 g/mol. The van der Waals surface area contributed by atoms with E-state index in [0.717, 1.165) is 0 Å². The van der Waals surface area contributed by atoms with Crippen molar-refractivity contribution in [3.8, 4) is 0 Å². The summed E-state index contributed by atoms with van der Waals surface area (Å²) in [4.78, 5) is 17.0. The van der Waals surface area contributed by atoms with Crippen molar-refractivity contribution in [2.75, 3.05) is 31.9 Å². The van der Waals surface area contributed by atoms with E-state index in [2.05, 4.69) is 4.98 Å².